The summed E-state index contributed by atoms with van der Waals surface area (Å²) >= 11 is 3.31. The number of benzene rings is 2. The number of rotatable bonds is 5. The van der Waals surface area contributed by atoms with E-state index in [9.17, 15) is 9.59 Å². The summed E-state index contributed by atoms with van der Waals surface area (Å²) in [6, 6.07) is 11.7. The molecule has 0 saturated carbocycles. The molecule has 2 aromatic rings. The molecule has 0 aromatic heterocycles. The Bertz CT molecular complexity index is 734. The van der Waals surface area contributed by atoms with Crippen LogP contribution < -0.4 is 15.8 Å². The number of methoxy groups -OCH3 is 1. The van der Waals surface area contributed by atoms with Crippen molar-refractivity contribution in [3.05, 3.63) is 52.5 Å². The third kappa shape index (κ3) is 4.46. The number of halogens is 1. The molecule has 0 atom stereocenters. The van der Waals surface area contributed by atoms with Crippen molar-refractivity contribution in [2.45, 2.75) is 0 Å². The van der Waals surface area contributed by atoms with Gasteiger partial charge in [-0.25, -0.2) is 4.79 Å². The van der Waals surface area contributed by atoms with Crippen molar-refractivity contribution < 1.29 is 19.1 Å². The quantitative estimate of drug-likeness (QED) is 0.616. The Morgan fingerprint density at radius 2 is 1.96 bits per heavy atom. The lowest BCUT2D eigenvalue weighted by atomic mass is 10.2. The number of anilines is 2. The molecular weight excluding hydrogens is 364 g/mol. The lowest BCUT2D eigenvalue weighted by molar-refractivity contribution is -0.119. The Kier molecular flexibility index (Phi) is 5.59. The molecule has 7 heteroatoms. The van der Waals surface area contributed by atoms with E-state index in [1.807, 2.05) is 6.07 Å². The molecule has 0 saturated heterocycles. The van der Waals surface area contributed by atoms with E-state index in [1.54, 1.807) is 24.3 Å². The number of nitrogen functional groups attached to an aromatic ring is 1. The van der Waals surface area contributed by atoms with Crippen LogP contribution in [0.5, 0.6) is 5.75 Å². The fourth-order valence-corrected chi connectivity index (χ4v) is 2.21. The maximum Gasteiger partial charge on any atom is 0.338 e. The first kappa shape index (κ1) is 16.8. The monoisotopic (exact) mass is 378 g/mol. The van der Waals surface area contributed by atoms with Gasteiger partial charge in [-0.3, -0.25) is 4.79 Å². The molecule has 120 valence electrons. The average molecular weight is 379 g/mol. The molecule has 0 heterocycles. The molecule has 3 N–H and O–H groups in total. The van der Waals surface area contributed by atoms with E-state index < -0.39 is 18.5 Å². The van der Waals surface area contributed by atoms with E-state index in [1.165, 1.54) is 19.2 Å². The van der Waals surface area contributed by atoms with Crippen molar-refractivity contribution in [1.82, 2.24) is 0 Å². The van der Waals surface area contributed by atoms with E-state index in [-0.39, 0.29) is 5.56 Å². The van der Waals surface area contributed by atoms with Crippen molar-refractivity contribution in [2.24, 2.45) is 0 Å². The summed E-state index contributed by atoms with van der Waals surface area (Å²) in [6.45, 7) is -0.397. The van der Waals surface area contributed by atoms with Crippen LogP contribution in [0.4, 0.5) is 11.4 Å². The first-order valence-corrected chi connectivity index (χ1v) is 7.45. The third-order valence-corrected chi connectivity index (χ3v) is 3.64. The van der Waals surface area contributed by atoms with Crippen LogP contribution in [0.1, 0.15) is 10.4 Å². The zero-order chi connectivity index (χ0) is 16.8. The minimum absolute atomic E-state index is 0.247. The molecule has 23 heavy (non-hydrogen) atoms. The van der Waals surface area contributed by atoms with Gasteiger partial charge in [-0.05, 0) is 46.3 Å². The highest BCUT2D eigenvalue weighted by Gasteiger charge is 2.13. The molecule has 6 nitrogen and oxygen atoms in total. The first-order valence-electron chi connectivity index (χ1n) is 6.66. The Balaban J connectivity index is 1.92. The fourth-order valence-electron chi connectivity index (χ4n) is 1.82. The van der Waals surface area contributed by atoms with Gasteiger partial charge in [-0.15, -0.1) is 0 Å². The Morgan fingerprint density at radius 3 is 2.61 bits per heavy atom. The van der Waals surface area contributed by atoms with E-state index in [0.717, 1.165) is 4.47 Å². The summed E-state index contributed by atoms with van der Waals surface area (Å²) < 4.78 is 10.7. The lowest BCUT2D eigenvalue weighted by Crippen LogP contribution is -2.21. The summed E-state index contributed by atoms with van der Waals surface area (Å²) in [7, 11) is 1.48. The second kappa shape index (κ2) is 7.64. The molecule has 0 radical (unpaired) electrons. The van der Waals surface area contributed by atoms with Gasteiger partial charge in [0.25, 0.3) is 5.91 Å². The van der Waals surface area contributed by atoms with Gasteiger partial charge < -0.3 is 20.5 Å². The number of hydrogen-bond donors (Lipinski definition) is 2. The Labute approximate surface area is 141 Å². The van der Waals surface area contributed by atoms with Gasteiger partial charge >= 0.3 is 5.97 Å². The van der Waals surface area contributed by atoms with Crippen molar-refractivity contribution in [3.63, 3.8) is 0 Å². The number of para-hydroxylation sites is 1. The predicted octanol–water partition coefficient (Wildman–Crippen LogP) is 2.84. The molecule has 0 aliphatic carbocycles. The summed E-state index contributed by atoms with van der Waals surface area (Å²) in [5.74, 6) is -0.610. The first-order chi connectivity index (χ1) is 11.0. The van der Waals surface area contributed by atoms with E-state index in [4.69, 9.17) is 15.2 Å². The molecule has 2 rings (SSSR count). The lowest BCUT2D eigenvalue weighted by Gasteiger charge is -2.09. The van der Waals surface area contributed by atoms with Gasteiger partial charge in [-0.1, -0.05) is 12.1 Å². The largest absolute Gasteiger partial charge is 0.495 e. The molecule has 0 spiro atoms. The molecule has 2 aromatic carbocycles. The van der Waals surface area contributed by atoms with Crippen LogP contribution in [0.3, 0.4) is 0 Å². The molecule has 0 unspecified atom stereocenters. The molecular formula is C16H15BrN2O4. The van der Waals surface area contributed by atoms with Crippen LogP contribution >= 0.6 is 15.9 Å². The van der Waals surface area contributed by atoms with E-state index in [0.29, 0.717) is 17.1 Å². The maximum absolute atomic E-state index is 11.9. The third-order valence-electron chi connectivity index (χ3n) is 2.95. The summed E-state index contributed by atoms with van der Waals surface area (Å²) in [5.41, 5.74) is 6.89. The van der Waals surface area contributed by atoms with Crippen LogP contribution in [0.15, 0.2) is 46.9 Å². The smallest absolute Gasteiger partial charge is 0.338 e. The number of esters is 1. The van der Waals surface area contributed by atoms with Crippen molar-refractivity contribution in [3.8, 4) is 5.75 Å². The van der Waals surface area contributed by atoms with E-state index in [2.05, 4.69) is 21.2 Å². The minimum Gasteiger partial charge on any atom is -0.495 e. The highest BCUT2D eigenvalue weighted by atomic mass is 79.9. The van der Waals surface area contributed by atoms with Crippen LogP contribution in [-0.4, -0.2) is 25.6 Å². The molecule has 0 aliphatic rings. The predicted molar refractivity (Wildman–Crippen MR) is 90.5 cm³/mol. The number of ether oxygens (including phenoxy) is 2. The Morgan fingerprint density at radius 1 is 1.22 bits per heavy atom. The zero-order valence-electron chi connectivity index (χ0n) is 12.3. The zero-order valence-corrected chi connectivity index (χ0v) is 13.9. The minimum atomic E-state index is -0.637. The van der Waals surface area contributed by atoms with Gasteiger partial charge in [0, 0.05) is 4.47 Å². The molecule has 1 amide bonds. The summed E-state index contributed by atoms with van der Waals surface area (Å²) in [6.07, 6.45) is 0. The van der Waals surface area contributed by atoms with Crippen LogP contribution in [-0.2, 0) is 9.53 Å². The maximum atomic E-state index is 11.9. The average Bonchev–Trinajstić information content (AvgIpc) is 2.54. The molecule has 0 fully saturated rings. The van der Waals surface area contributed by atoms with Gasteiger partial charge in [0.1, 0.15) is 5.75 Å². The van der Waals surface area contributed by atoms with Crippen molar-refractivity contribution >= 4 is 39.2 Å². The second-order valence-electron chi connectivity index (χ2n) is 4.56. The van der Waals surface area contributed by atoms with Gasteiger partial charge in [0.2, 0.25) is 0 Å². The summed E-state index contributed by atoms with van der Waals surface area (Å²) in [5, 5.41) is 2.64. The number of carbonyl (C=O) groups excluding carboxylic acids is 2. The van der Waals surface area contributed by atoms with Gasteiger partial charge in [-0.2, -0.15) is 0 Å². The highest BCUT2D eigenvalue weighted by molar-refractivity contribution is 9.10. The van der Waals surface area contributed by atoms with Crippen LogP contribution in [0.25, 0.3) is 0 Å². The summed E-state index contributed by atoms with van der Waals surface area (Å²) in [4.78, 5) is 23.7. The Hall–Kier alpha value is -2.54. The normalized spacial score (nSPS) is 10.0. The number of hydrogen-bond acceptors (Lipinski definition) is 5. The van der Waals surface area contributed by atoms with Gasteiger partial charge in [0.15, 0.2) is 6.61 Å². The van der Waals surface area contributed by atoms with Crippen molar-refractivity contribution in [1.29, 1.82) is 0 Å². The molecule has 0 aliphatic heterocycles. The topological polar surface area (TPSA) is 90.6 Å². The standard InChI is InChI=1S/C16H15BrN2O4/c1-22-14-7-6-10(8-12(14)18)16(21)23-9-15(20)19-13-5-3-2-4-11(13)17/h2-8H,9,18H2,1H3,(H,19,20). The number of nitrogens with two attached hydrogens (primary N) is 1. The van der Waals surface area contributed by atoms with Crippen LogP contribution in [0, 0.1) is 0 Å². The number of amides is 1. The van der Waals surface area contributed by atoms with Gasteiger partial charge in [0.05, 0.1) is 24.0 Å². The molecule has 0 bridgehead atoms. The number of carbonyl (C=O) groups is 2. The van der Waals surface area contributed by atoms with E-state index >= 15 is 0 Å². The number of nitrogens with one attached hydrogen (secondary N) is 1. The van der Waals surface area contributed by atoms with Crippen molar-refractivity contribution in [2.75, 3.05) is 24.8 Å². The second-order valence-corrected chi connectivity index (χ2v) is 5.42. The van der Waals surface area contributed by atoms with Crippen LogP contribution in [0.2, 0.25) is 0 Å². The fraction of sp³-hybridized carbons (Fsp3) is 0.125. The highest BCUT2D eigenvalue weighted by Crippen LogP contribution is 2.23. The SMILES string of the molecule is COc1ccc(C(=O)OCC(=O)Nc2ccccc2Br)cc1N.